The number of hydrogen-bond donors (Lipinski definition) is 0. The molecule has 0 aliphatic carbocycles. The first-order valence-corrected chi connectivity index (χ1v) is 13.1. The highest BCUT2D eigenvalue weighted by Crippen LogP contribution is 1.95. The highest BCUT2D eigenvalue weighted by molar-refractivity contribution is 4.59. The van der Waals surface area contributed by atoms with Gasteiger partial charge in [-0.3, -0.25) is 9.80 Å². The van der Waals surface area contributed by atoms with Gasteiger partial charge in [0.25, 0.3) is 0 Å². The molecule has 0 radical (unpaired) electrons. The lowest BCUT2D eigenvalue weighted by molar-refractivity contribution is -0.0174. The lowest BCUT2D eigenvalue weighted by Crippen LogP contribution is -2.35. The van der Waals surface area contributed by atoms with Crippen LogP contribution in [0.4, 0.5) is 0 Å². The summed E-state index contributed by atoms with van der Waals surface area (Å²) in [4.78, 5) is 4.58. The molecule has 3 aliphatic heterocycles. The fraction of sp³-hybridized carbons (Fsp3) is 1.00. The fourth-order valence-electron chi connectivity index (χ4n) is 3.46. The minimum atomic E-state index is 0.566. The highest BCUT2D eigenvalue weighted by Gasteiger charge is 2.08. The zero-order chi connectivity index (χ0) is 24.5. The Bertz CT molecular complexity index is 353. The summed E-state index contributed by atoms with van der Waals surface area (Å²) in [6, 6.07) is 0. The molecule has 0 aromatic carbocycles. The third-order valence-corrected chi connectivity index (χ3v) is 5.54. The van der Waals surface area contributed by atoms with E-state index in [1.165, 1.54) is 0 Å². The molecule has 0 spiro atoms. The summed E-state index contributed by atoms with van der Waals surface area (Å²) in [6.45, 7) is 15.6. The zero-order valence-electron chi connectivity index (χ0n) is 21.5. The van der Waals surface area contributed by atoms with Gasteiger partial charge in [-0.15, -0.1) is 0 Å². The van der Waals surface area contributed by atoms with Crippen molar-refractivity contribution in [2.75, 3.05) is 158 Å². The van der Waals surface area contributed by atoms with Crippen LogP contribution >= 0.6 is 0 Å². The molecule has 2 bridgehead atoms. The van der Waals surface area contributed by atoms with Gasteiger partial charge in [-0.25, -0.2) is 0 Å². The zero-order valence-corrected chi connectivity index (χ0v) is 21.5. The van der Waals surface area contributed by atoms with Gasteiger partial charge in [-0.2, -0.15) is 0 Å². The molecule has 3 heterocycles. The molecule has 3 rings (SSSR count). The maximum atomic E-state index is 5.75. The first kappa shape index (κ1) is 30.8. The second-order valence-corrected chi connectivity index (χ2v) is 8.19. The Morgan fingerprint density at radius 1 is 0.200 bits per heavy atom. The number of nitrogens with zero attached hydrogens (tertiary/aromatic N) is 2. The van der Waals surface area contributed by atoms with E-state index in [2.05, 4.69) is 9.80 Å². The van der Waals surface area contributed by atoms with Crippen LogP contribution < -0.4 is 0 Å². The van der Waals surface area contributed by atoms with Crippen LogP contribution in [0, 0.1) is 0 Å². The Morgan fingerprint density at radius 2 is 0.343 bits per heavy atom. The van der Waals surface area contributed by atoms with Crippen LogP contribution in [-0.2, 0) is 42.6 Å². The van der Waals surface area contributed by atoms with Gasteiger partial charge in [0.1, 0.15) is 0 Å². The summed E-state index contributed by atoms with van der Waals surface area (Å²) < 4.78 is 51.4. The van der Waals surface area contributed by atoms with Crippen molar-refractivity contribution in [2.24, 2.45) is 0 Å². The third kappa shape index (κ3) is 19.4. The molecule has 208 valence electrons. The molecule has 0 atom stereocenters. The maximum Gasteiger partial charge on any atom is 0.0701 e. The average Bonchev–Trinajstić information content (AvgIpc) is 2.86. The number of fused-ring (bicyclic) bond motifs is 30. The van der Waals surface area contributed by atoms with E-state index in [1.54, 1.807) is 0 Å². The second-order valence-electron chi connectivity index (χ2n) is 8.19. The van der Waals surface area contributed by atoms with E-state index < -0.39 is 0 Å². The Morgan fingerprint density at radius 3 is 0.514 bits per heavy atom. The standard InChI is InChI=1S/C24H48N2O9/c1-7-27-13-19-33-22-16-30-10-4-26-5-11-31-17-23-34-20-14-28-8-2-25(1)3-9-29-15-21-35-24-18-32-12-6-26/h1-24H2. The van der Waals surface area contributed by atoms with E-state index in [1.807, 2.05) is 0 Å². The second kappa shape index (κ2) is 23.9. The minimum Gasteiger partial charge on any atom is -0.378 e. The van der Waals surface area contributed by atoms with Crippen LogP contribution in [0.3, 0.4) is 0 Å². The van der Waals surface area contributed by atoms with Crippen molar-refractivity contribution in [3.8, 4) is 0 Å². The smallest absolute Gasteiger partial charge is 0.0701 e. The largest absolute Gasteiger partial charge is 0.378 e. The molecule has 3 fully saturated rings. The third-order valence-electron chi connectivity index (χ3n) is 5.54. The average molecular weight is 509 g/mol. The predicted molar refractivity (Wildman–Crippen MR) is 130 cm³/mol. The molecule has 11 heteroatoms. The molecule has 0 unspecified atom stereocenters. The summed E-state index contributed by atoms with van der Waals surface area (Å²) >= 11 is 0. The molecular formula is C24H48N2O9. The monoisotopic (exact) mass is 508 g/mol. The lowest BCUT2D eigenvalue weighted by atomic mass is 10.4. The molecule has 0 aromatic rings. The number of hydrogen-bond acceptors (Lipinski definition) is 11. The topological polar surface area (TPSA) is 89.6 Å². The van der Waals surface area contributed by atoms with Gasteiger partial charge >= 0.3 is 0 Å². The summed E-state index contributed by atoms with van der Waals surface area (Å²) in [5.74, 6) is 0. The normalized spacial score (nSPS) is 28.8. The van der Waals surface area contributed by atoms with Gasteiger partial charge in [0.05, 0.1) is 119 Å². The van der Waals surface area contributed by atoms with E-state index in [0.717, 1.165) is 39.3 Å². The van der Waals surface area contributed by atoms with Crippen molar-refractivity contribution in [3.05, 3.63) is 0 Å². The van der Waals surface area contributed by atoms with E-state index in [-0.39, 0.29) is 0 Å². The van der Waals surface area contributed by atoms with Crippen LogP contribution in [-0.4, -0.2) is 168 Å². The SMILES string of the molecule is C1COCCN2CCOCCOCCOCCN(CCOCCO1)CCOCCOCCOCC2. The van der Waals surface area contributed by atoms with Crippen molar-refractivity contribution in [1.82, 2.24) is 9.80 Å². The molecule has 3 aliphatic rings. The first-order chi connectivity index (χ1) is 17.4. The molecule has 3 saturated heterocycles. The predicted octanol–water partition coefficient (Wildman–Crippen LogP) is -0.233. The van der Waals surface area contributed by atoms with Crippen LogP contribution in [0.5, 0.6) is 0 Å². The van der Waals surface area contributed by atoms with Crippen LogP contribution in [0.1, 0.15) is 0 Å². The molecule has 0 aromatic heterocycles. The van der Waals surface area contributed by atoms with E-state index in [0.29, 0.717) is 119 Å². The summed E-state index contributed by atoms with van der Waals surface area (Å²) in [5.41, 5.74) is 0. The van der Waals surface area contributed by atoms with Crippen LogP contribution in [0.25, 0.3) is 0 Å². The molecule has 0 saturated carbocycles. The summed E-state index contributed by atoms with van der Waals surface area (Å²) in [6.07, 6.45) is 0. The van der Waals surface area contributed by atoms with Crippen molar-refractivity contribution in [2.45, 2.75) is 0 Å². The molecule has 0 N–H and O–H groups in total. The Labute approximate surface area is 211 Å². The highest BCUT2D eigenvalue weighted by atomic mass is 16.6. The summed E-state index contributed by atoms with van der Waals surface area (Å²) in [5, 5.41) is 0. The number of rotatable bonds is 0. The van der Waals surface area contributed by atoms with Crippen LogP contribution in [0.2, 0.25) is 0 Å². The van der Waals surface area contributed by atoms with E-state index in [4.69, 9.17) is 42.6 Å². The van der Waals surface area contributed by atoms with Crippen molar-refractivity contribution >= 4 is 0 Å². The van der Waals surface area contributed by atoms with Crippen molar-refractivity contribution in [1.29, 1.82) is 0 Å². The van der Waals surface area contributed by atoms with Gasteiger partial charge in [-0.1, -0.05) is 0 Å². The van der Waals surface area contributed by atoms with E-state index in [9.17, 15) is 0 Å². The van der Waals surface area contributed by atoms with Crippen molar-refractivity contribution < 1.29 is 42.6 Å². The molecular weight excluding hydrogens is 460 g/mol. The first-order valence-electron chi connectivity index (χ1n) is 13.1. The lowest BCUT2D eigenvalue weighted by Gasteiger charge is -2.23. The Kier molecular flexibility index (Phi) is 21.0. The van der Waals surface area contributed by atoms with Crippen LogP contribution in [0.15, 0.2) is 0 Å². The maximum absolute atomic E-state index is 5.75. The number of ether oxygens (including phenoxy) is 9. The van der Waals surface area contributed by atoms with Crippen molar-refractivity contribution in [3.63, 3.8) is 0 Å². The van der Waals surface area contributed by atoms with Gasteiger partial charge < -0.3 is 42.6 Å². The quantitative estimate of drug-likeness (QED) is 0.407. The van der Waals surface area contributed by atoms with Gasteiger partial charge in [-0.05, 0) is 0 Å². The van der Waals surface area contributed by atoms with Gasteiger partial charge in [0.15, 0.2) is 0 Å². The van der Waals surface area contributed by atoms with E-state index >= 15 is 0 Å². The Balaban J connectivity index is 1.85. The minimum absolute atomic E-state index is 0.566. The molecule has 11 nitrogen and oxygen atoms in total. The Hall–Kier alpha value is -0.440. The molecule has 0 amide bonds. The fourth-order valence-corrected chi connectivity index (χ4v) is 3.46. The summed E-state index contributed by atoms with van der Waals surface area (Å²) in [7, 11) is 0. The molecule has 35 heavy (non-hydrogen) atoms. The van der Waals surface area contributed by atoms with Gasteiger partial charge in [0.2, 0.25) is 0 Å². The van der Waals surface area contributed by atoms with Gasteiger partial charge in [0, 0.05) is 39.3 Å².